The zero-order chi connectivity index (χ0) is 14.3. The van der Waals surface area contributed by atoms with Crippen molar-refractivity contribution in [3.05, 3.63) is 12.2 Å². The van der Waals surface area contributed by atoms with Crippen LogP contribution in [0.3, 0.4) is 0 Å². The summed E-state index contributed by atoms with van der Waals surface area (Å²) < 4.78 is 0. The Labute approximate surface area is 125 Å². The average molecular weight is 272 g/mol. The fraction of sp³-hybridized carbons (Fsp3) is 0.900. The van der Waals surface area contributed by atoms with Crippen molar-refractivity contribution >= 4 is 0 Å². The third-order valence-electron chi connectivity index (χ3n) is 8.51. The maximum Gasteiger partial charge on any atom is -0.00234 e. The van der Waals surface area contributed by atoms with E-state index >= 15 is 0 Å². The first-order valence-electron chi connectivity index (χ1n) is 9.11. The molecule has 0 nitrogen and oxygen atoms in total. The minimum Gasteiger partial charge on any atom is -0.0993 e. The van der Waals surface area contributed by atoms with Crippen molar-refractivity contribution in [1.29, 1.82) is 0 Å². The minimum atomic E-state index is 0.544. The molecule has 6 unspecified atom stereocenters. The van der Waals surface area contributed by atoms with E-state index in [0.29, 0.717) is 10.8 Å². The predicted octanol–water partition coefficient (Wildman–Crippen LogP) is 5.69. The van der Waals surface area contributed by atoms with Crippen LogP contribution in [-0.2, 0) is 0 Å². The van der Waals surface area contributed by atoms with Gasteiger partial charge in [0.15, 0.2) is 0 Å². The average Bonchev–Trinajstić information content (AvgIpc) is 2.95. The molecule has 20 heavy (non-hydrogen) atoms. The van der Waals surface area contributed by atoms with Gasteiger partial charge in [0.2, 0.25) is 0 Å². The van der Waals surface area contributed by atoms with Crippen LogP contribution >= 0.6 is 0 Å². The van der Waals surface area contributed by atoms with Crippen molar-refractivity contribution in [3.63, 3.8) is 0 Å². The van der Waals surface area contributed by atoms with Gasteiger partial charge < -0.3 is 0 Å². The van der Waals surface area contributed by atoms with E-state index in [-0.39, 0.29) is 0 Å². The molecule has 0 radical (unpaired) electrons. The molecule has 4 aliphatic rings. The third-order valence-corrected chi connectivity index (χ3v) is 8.51. The zero-order valence-corrected chi connectivity index (χ0v) is 13.9. The Kier molecular flexibility index (Phi) is 2.63. The van der Waals surface area contributed by atoms with Crippen LogP contribution in [0.1, 0.15) is 66.2 Å². The highest BCUT2D eigenvalue weighted by Crippen LogP contribution is 2.80. The van der Waals surface area contributed by atoms with E-state index < -0.39 is 0 Å². The Morgan fingerprint density at radius 3 is 2.60 bits per heavy atom. The Balaban J connectivity index is 1.78. The van der Waals surface area contributed by atoms with Gasteiger partial charge in [-0.3, -0.25) is 0 Å². The number of hydrogen-bond acceptors (Lipinski definition) is 0. The Bertz CT molecular complexity index is 447. The van der Waals surface area contributed by atoms with Crippen molar-refractivity contribution < 1.29 is 0 Å². The van der Waals surface area contributed by atoms with Crippen molar-refractivity contribution in [3.8, 4) is 0 Å². The third kappa shape index (κ3) is 1.26. The maximum atomic E-state index is 4.61. The summed E-state index contributed by atoms with van der Waals surface area (Å²) in [4.78, 5) is 0. The van der Waals surface area contributed by atoms with Crippen LogP contribution < -0.4 is 0 Å². The van der Waals surface area contributed by atoms with Crippen LogP contribution in [0.15, 0.2) is 12.2 Å². The van der Waals surface area contributed by atoms with E-state index in [9.17, 15) is 0 Å². The lowest BCUT2D eigenvalue weighted by molar-refractivity contribution is -0.132. The molecule has 0 bridgehead atoms. The molecule has 4 fully saturated rings. The first kappa shape index (κ1) is 13.4. The van der Waals surface area contributed by atoms with Crippen molar-refractivity contribution in [2.75, 3.05) is 0 Å². The second-order valence-electron chi connectivity index (χ2n) is 9.26. The molecule has 7 atom stereocenters. The van der Waals surface area contributed by atoms with Gasteiger partial charge >= 0.3 is 0 Å². The molecule has 0 heterocycles. The fourth-order valence-corrected chi connectivity index (χ4v) is 7.83. The standard InChI is InChI=1S/C20H32/c1-12(2)15-9-7-14(4)20(15)11-10-19(5)16-8-6-13(3)17(16)18(19)20/h12-13,15-18H,4,6-11H2,1-3,5H3/t13?,15?,16?,17?,18?,19?,20-/m1/s1. The quantitative estimate of drug-likeness (QED) is 0.538. The van der Waals surface area contributed by atoms with Gasteiger partial charge in [-0.25, -0.2) is 0 Å². The van der Waals surface area contributed by atoms with Crippen molar-refractivity contribution in [2.45, 2.75) is 66.2 Å². The monoisotopic (exact) mass is 272 g/mol. The van der Waals surface area contributed by atoms with Crippen LogP contribution in [0.2, 0.25) is 0 Å². The van der Waals surface area contributed by atoms with E-state index in [1.54, 1.807) is 5.57 Å². The van der Waals surface area contributed by atoms with Crippen molar-refractivity contribution in [2.24, 2.45) is 46.3 Å². The van der Waals surface area contributed by atoms with Crippen LogP contribution in [0, 0.1) is 46.3 Å². The molecule has 0 aromatic rings. The highest BCUT2D eigenvalue weighted by atomic mass is 14.8. The molecule has 112 valence electrons. The van der Waals surface area contributed by atoms with E-state index in [1.807, 2.05) is 0 Å². The summed E-state index contributed by atoms with van der Waals surface area (Å²) in [5.74, 6) is 5.83. The number of rotatable bonds is 1. The smallest absolute Gasteiger partial charge is 0.00234 e. The lowest BCUT2D eigenvalue weighted by atomic mass is 9.42. The summed E-state index contributed by atoms with van der Waals surface area (Å²) >= 11 is 0. The fourth-order valence-electron chi connectivity index (χ4n) is 7.83. The second kappa shape index (κ2) is 3.93. The molecule has 1 spiro atoms. The summed E-state index contributed by atoms with van der Waals surface area (Å²) in [6, 6.07) is 0. The Morgan fingerprint density at radius 1 is 1.15 bits per heavy atom. The molecule has 0 N–H and O–H groups in total. The molecule has 0 saturated heterocycles. The summed E-state index contributed by atoms with van der Waals surface area (Å²) in [7, 11) is 0. The van der Waals surface area contributed by atoms with E-state index in [0.717, 1.165) is 35.5 Å². The number of allylic oxidation sites excluding steroid dienone is 1. The molecule has 4 rings (SSSR count). The van der Waals surface area contributed by atoms with Crippen LogP contribution in [0.4, 0.5) is 0 Å². The topological polar surface area (TPSA) is 0 Å². The molecule has 0 aromatic heterocycles. The van der Waals surface area contributed by atoms with Gasteiger partial charge in [0, 0.05) is 0 Å². The van der Waals surface area contributed by atoms with Gasteiger partial charge in [-0.05, 0) is 78.4 Å². The molecule has 0 aliphatic heterocycles. The number of fused-ring (bicyclic) bond motifs is 5. The van der Waals surface area contributed by atoms with Gasteiger partial charge in [-0.15, -0.1) is 0 Å². The largest absolute Gasteiger partial charge is 0.0993 e. The molecule has 4 saturated carbocycles. The second-order valence-corrected chi connectivity index (χ2v) is 9.26. The molecule has 0 amide bonds. The minimum absolute atomic E-state index is 0.544. The molecule has 4 aliphatic carbocycles. The van der Waals surface area contributed by atoms with E-state index in [1.165, 1.54) is 38.5 Å². The lowest BCUT2D eigenvalue weighted by Gasteiger charge is -2.62. The maximum absolute atomic E-state index is 4.61. The highest BCUT2D eigenvalue weighted by molar-refractivity contribution is 5.31. The van der Waals surface area contributed by atoms with E-state index in [2.05, 4.69) is 34.3 Å². The highest BCUT2D eigenvalue weighted by Gasteiger charge is 2.73. The van der Waals surface area contributed by atoms with Crippen LogP contribution in [0.5, 0.6) is 0 Å². The van der Waals surface area contributed by atoms with Crippen LogP contribution in [-0.4, -0.2) is 0 Å². The Hall–Kier alpha value is -0.260. The van der Waals surface area contributed by atoms with Crippen molar-refractivity contribution in [1.82, 2.24) is 0 Å². The van der Waals surface area contributed by atoms with Gasteiger partial charge in [-0.1, -0.05) is 46.3 Å². The molecular formula is C20H32. The zero-order valence-electron chi connectivity index (χ0n) is 13.9. The summed E-state index contributed by atoms with van der Waals surface area (Å²) in [5.41, 5.74) is 2.88. The molecule has 0 heteroatoms. The molecule has 0 aromatic carbocycles. The predicted molar refractivity (Wildman–Crippen MR) is 85.3 cm³/mol. The van der Waals surface area contributed by atoms with Gasteiger partial charge in [0.1, 0.15) is 0 Å². The SMILES string of the molecule is C=C1CCC(C(C)C)[C@@]12CCC1(C)C3CCC(C)C3C12. The summed E-state index contributed by atoms with van der Waals surface area (Å²) in [5, 5.41) is 0. The van der Waals surface area contributed by atoms with Gasteiger partial charge in [-0.2, -0.15) is 0 Å². The number of hydrogen-bond donors (Lipinski definition) is 0. The van der Waals surface area contributed by atoms with Crippen LogP contribution in [0.25, 0.3) is 0 Å². The normalized spacial score (nSPS) is 57.2. The van der Waals surface area contributed by atoms with Gasteiger partial charge in [0.25, 0.3) is 0 Å². The van der Waals surface area contributed by atoms with Gasteiger partial charge in [0.05, 0.1) is 0 Å². The van der Waals surface area contributed by atoms with E-state index in [4.69, 9.17) is 0 Å². The first-order chi connectivity index (χ1) is 9.43. The molecular weight excluding hydrogens is 240 g/mol. The lowest BCUT2D eigenvalue weighted by Crippen LogP contribution is -2.57. The first-order valence-corrected chi connectivity index (χ1v) is 9.11. The summed E-state index contributed by atoms with van der Waals surface area (Å²) in [6.45, 7) is 14.7. The Morgan fingerprint density at radius 2 is 1.90 bits per heavy atom. The summed E-state index contributed by atoms with van der Waals surface area (Å²) in [6.07, 6.45) is 8.73.